The van der Waals surface area contributed by atoms with Gasteiger partial charge in [-0.2, -0.15) is 5.26 Å². The Hall–Kier alpha value is 0.266. The van der Waals surface area contributed by atoms with Crippen molar-refractivity contribution >= 4 is 11.8 Å². The molecule has 0 aromatic heterocycles. The van der Waals surface area contributed by atoms with Crippen molar-refractivity contribution in [3.8, 4) is 6.07 Å². The van der Waals surface area contributed by atoms with E-state index in [1.807, 2.05) is 0 Å². The Morgan fingerprint density at radius 3 is 2.11 bits per heavy atom. The van der Waals surface area contributed by atoms with Crippen molar-refractivity contribution in [2.24, 2.45) is 0 Å². The molecule has 0 saturated carbocycles. The number of nitrogens with zero attached hydrogens (tertiary/aromatic N) is 1. The largest absolute Gasteiger partial charge is 1.00 e. The quantitative estimate of drug-likeness (QED) is 0.293. The number of ketones is 1. The molecule has 0 radical (unpaired) electrons. The van der Waals surface area contributed by atoms with E-state index in [9.17, 15) is 14.7 Å². The molecule has 0 fully saturated rings. The average Bonchev–Trinajstić information content (AvgIpc) is 1.67. The van der Waals surface area contributed by atoms with Crippen LogP contribution in [-0.2, 0) is 9.59 Å². The molecular weight excluding hydrogens is 149 g/mol. The van der Waals surface area contributed by atoms with Gasteiger partial charge in [0, 0.05) is 0 Å². The number of hydrogen-bond acceptors (Lipinski definition) is 4. The van der Waals surface area contributed by atoms with E-state index >= 15 is 0 Å². The molecule has 0 aromatic carbocycles. The molecule has 0 amide bonds. The molecule has 0 aliphatic heterocycles. The maximum atomic E-state index is 9.86. The zero-order chi connectivity index (χ0) is 6.57. The van der Waals surface area contributed by atoms with Crippen LogP contribution in [0.15, 0.2) is 0 Å². The second-order valence-electron chi connectivity index (χ2n) is 1.05. The standard InChI is InChI=1S/C4H3NO3.K/c5-2-1-3(6)4(7)8;/h1H2,(H,7,8);/q;+1/p-1. The first-order valence-corrected chi connectivity index (χ1v) is 1.79. The summed E-state index contributed by atoms with van der Waals surface area (Å²) in [6, 6.07) is 1.38. The van der Waals surface area contributed by atoms with Crippen LogP contribution < -0.4 is 56.5 Å². The molecule has 0 bridgehead atoms. The zero-order valence-electron chi connectivity index (χ0n) is 4.88. The van der Waals surface area contributed by atoms with E-state index in [1.54, 1.807) is 0 Å². The number of carbonyl (C=O) groups excluding carboxylic acids is 2. The summed E-state index contributed by atoms with van der Waals surface area (Å²) in [6.45, 7) is 0. The molecule has 5 heteroatoms. The summed E-state index contributed by atoms with van der Waals surface area (Å²) < 4.78 is 0. The normalized spacial score (nSPS) is 6.56. The Labute approximate surface area is 94.3 Å². The predicted molar refractivity (Wildman–Crippen MR) is 20.2 cm³/mol. The van der Waals surface area contributed by atoms with Crippen LogP contribution in [0.2, 0.25) is 0 Å². The molecule has 0 unspecified atom stereocenters. The van der Waals surface area contributed by atoms with Crippen molar-refractivity contribution in [1.29, 1.82) is 5.26 Å². The number of rotatable bonds is 2. The fraction of sp³-hybridized carbons (Fsp3) is 0.250. The van der Waals surface area contributed by atoms with E-state index in [0.717, 1.165) is 0 Å². The summed E-state index contributed by atoms with van der Waals surface area (Å²) in [7, 11) is 0. The van der Waals surface area contributed by atoms with Crippen molar-refractivity contribution in [3.05, 3.63) is 0 Å². The van der Waals surface area contributed by atoms with Crippen molar-refractivity contribution in [3.63, 3.8) is 0 Å². The molecule has 4 nitrogen and oxygen atoms in total. The van der Waals surface area contributed by atoms with Crippen LogP contribution in [-0.4, -0.2) is 11.8 Å². The fourth-order valence-corrected chi connectivity index (χ4v) is 0.144. The molecule has 42 valence electrons. The van der Waals surface area contributed by atoms with Gasteiger partial charge in [0.2, 0.25) is 0 Å². The van der Waals surface area contributed by atoms with Gasteiger partial charge in [-0.05, 0) is 0 Å². The van der Waals surface area contributed by atoms with Gasteiger partial charge in [0.25, 0.3) is 0 Å². The Morgan fingerprint density at radius 1 is 1.56 bits per heavy atom. The second kappa shape index (κ2) is 6.39. The van der Waals surface area contributed by atoms with Gasteiger partial charge in [0.15, 0.2) is 5.78 Å². The van der Waals surface area contributed by atoms with Gasteiger partial charge >= 0.3 is 51.4 Å². The van der Waals surface area contributed by atoms with Crippen molar-refractivity contribution in [1.82, 2.24) is 0 Å². The topological polar surface area (TPSA) is 81.0 Å². The Morgan fingerprint density at radius 2 is 2.00 bits per heavy atom. The third-order valence-corrected chi connectivity index (χ3v) is 0.467. The summed E-state index contributed by atoms with van der Waals surface area (Å²) in [4.78, 5) is 19.3. The average molecular weight is 151 g/mol. The molecule has 0 aromatic rings. The molecule has 0 N–H and O–H groups in total. The maximum absolute atomic E-state index is 9.86. The van der Waals surface area contributed by atoms with Crippen LogP contribution in [0, 0.1) is 11.3 Å². The SMILES string of the molecule is N#CCC(=O)C(=O)[O-].[K+]. The third kappa shape index (κ3) is 6.15. The first-order valence-electron chi connectivity index (χ1n) is 1.79. The maximum Gasteiger partial charge on any atom is 1.00 e. The summed E-state index contributed by atoms with van der Waals surface area (Å²) in [5.74, 6) is -2.97. The number of carboxylic acids is 1. The molecule has 0 saturated heterocycles. The summed E-state index contributed by atoms with van der Waals surface area (Å²) in [5, 5.41) is 17.2. The van der Waals surface area contributed by atoms with Crippen molar-refractivity contribution in [2.75, 3.05) is 0 Å². The number of carboxylic acid groups (broad SMARTS) is 1. The minimum atomic E-state index is -1.80. The first-order chi connectivity index (χ1) is 3.68. The Balaban J connectivity index is 0. The second-order valence-corrected chi connectivity index (χ2v) is 1.05. The first kappa shape index (κ1) is 12.0. The number of hydrogen-bond donors (Lipinski definition) is 0. The van der Waals surface area contributed by atoms with Gasteiger partial charge in [-0.15, -0.1) is 0 Å². The van der Waals surface area contributed by atoms with Gasteiger partial charge in [-0.25, -0.2) is 0 Å². The van der Waals surface area contributed by atoms with Crippen LogP contribution >= 0.6 is 0 Å². The van der Waals surface area contributed by atoms with Crippen LogP contribution in [0.4, 0.5) is 0 Å². The fourth-order valence-electron chi connectivity index (χ4n) is 0.144. The van der Waals surface area contributed by atoms with E-state index < -0.39 is 18.2 Å². The zero-order valence-corrected chi connectivity index (χ0v) is 8.00. The van der Waals surface area contributed by atoms with E-state index in [2.05, 4.69) is 0 Å². The Bertz CT molecular complexity index is 160. The van der Waals surface area contributed by atoms with E-state index in [-0.39, 0.29) is 51.4 Å². The number of carbonyl (C=O) groups is 2. The van der Waals surface area contributed by atoms with Gasteiger partial charge in [0.1, 0.15) is 5.97 Å². The molecule has 0 heterocycles. The minimum absolute atomic E-state index is 0. The number of Topliss-reactive ketones (excluding diaryl/α,β-unsaturated/α-hetero) is 1. The third-order valence-electron chi connectivity index (χ3n) is 0.467. The van der Waals surface area contributed by atoms with Crippen LogP contribution in [0.25, 0.3) is 0 Å². The van der Waals surface area contributed by atoms with Gasteiger partial charge in [-0.1, -0.05) is 0 Å². The van der Waals surface area contributed by atoms with Crippen LogP contribution in [0.1, 0.15) is 6.42 Å². The number of aliphatic carboxylic acids is 1. The van der Waals surface area contributed by atoms with Gasteiger partial charge < -0.3 is 9.90 Å². The molecule has 0 atom stereocenters. The molecule has 0 rings (SSSR count). The smallest absolute Gasteiger partial charge is 0.542 e. The van der Waals surface area contributed by atoms with Crippen molar-refractivity contribution in [2.45, 2.75) is 6.42 Å². The number of nitriles is 1. The van der Waals surface area contributed by atoms with E-state index in [1.165, 1.54) is 6.07 Å². The Kier molecular flexibility index (Phi) is 8.51. The van der Waals surface area contributed by atoms with Crippen LogP contribution in [0.5, 0.6) is 0 Å². The molecule has 0 spiro atoms. The summed E-state index contributed by atoms with van der Waals surface area (Å²) in [6.07, 6.45) is -0.609. The molecule has 9 heavy (non-hydrogen) atoms. The summed E-state index contributed by atoms with van der Waals surface area (Å²) >= 11 is 0. The minimum Gasteiger partial charge on any atom is -0.542 e. The molecular formula is C4H2KNO3. The van der Waals surface area contributed by atoms with Crippen molar-refractivity contribution < 1.29 is 66.1 Å². The van der Waals surface area contributed by atoms with E-state index in [0.29, 0.717) is 0 Å². The molecule has 0 aliphatic carbocycles. The monoisotopic (exact) mass is 151 g/mol. The van der Waals surface area contributed by atoms with E-state index in [4.69, 9.17) is 5.26 Å². The van der Waals surface area contributed by atoms with Gasteiger partial charge in [-0.3, -0.25) is 4.79 Å². The van der Waals surface area contributed by atoms with Crippen LogP contribution in [0.3, 0.4) is 0 Å². The predicted octanol–water partition coefficient (Wildman–Crippen LogP) is -4.78. The molecule has 0 aliphatic rings. The summed E-state index contributed by atoms with van der Waals surface area (Å²) in [5.41, 5.74) is 0. The van der Waals surface area contributed by atoms with Gasteiger partial charge in [0.05, 0.1) is 12.5 Å².